The van der Waals surface area contributed by atoms with Crippen molar-refractivity contribution in [1.82, 2.24) is 57.7 Å². The van der Waals surface area contributed by atoms with Gasteiger partial charge in [-0.05, 0) is 34.1 Å². The van der Waals surface area contributed by atoms with Crippen molar-refractivity contribution in [3.05, 3.63) is 133 Å². The molecule has 57 heteroatoms. The molecule has 5 fully saturated rings. The standard InChI is InChI=1S/C66H98N14O36P4S3/c1-11-36-43(48(100-18-13-95-7)59(108-36)77-23-33(3)55(82)73-64(77)86)114-119(92,122)106-28-39-44(49(101-19-14-96-8)60(110-39)78-24-34(4)56(83)74-65(78)87)113-117(89,90)104-27-38-45(51(103-21-16-98-10)62(112-38)80-31-71-41-53(68)69-30-70-54(41)80)115-120(93,123)107-29-40-46(50(102-20-15-97-9)61(111-40)79-25-35(5)57(84)75-66(79)88)116-118(91,121)105-26-37-42(81)47(99-17-12-94-6)58(109-37)76-22-32(2)52(67)72-63(76)85/h22-25,30-31,36-40,42-51,58-62,81H,11-21,26-29H2,1-10H3,(H,89,90)(H,91,121)(H,92,122)(H,93,123)(H2,67,72,85)(H2,68,69,70)(H,73,82,86)(H,74,83,87)(H,75,84,88)/p-4/t36-,37-,38-,39-,40-,42+,43+,44+,45+,46+,47?,48?,49?,50?,51?,58-,59-,60-,61-,62-,118?,119?,120?/m1/s1. The van der Waals surface area contributed by atoms with E-state index in [9.17, 15) is 48.5 Å². The zero-order chi connectivity index (χ0) is 89.2. The van der Waals surface area contributed by atoms with Crippen molar-refractivity contribution in [1.29, 1.82) is 0 Å². The third-order valence-electron chi connectivity index (χ3n) is 19.8. The fourth-order valence-electron chi connectivity index (χ4n) is 13.8. The second kappa shape index (κ2) is 43.0. The Labute approximate surface area is 713 Å². The highest BCUT2D eigenvalue weighted by Crippen LogP contribution is 2.55. The Hall–Kier alpha value is -5.90. The number of nitrogens with zero attached hydrogens (tertiary/aromatic N) is 9. The van der Waals surface area contributed by atoms with Crippen LogP contribution in [0.2, 0.25) is 0 Å². The highest BCUT2D eigenvalue weighted by Gasteiger charge is 2.56. The van der Waals surface area contributed by atoms with Crippen molar-refractivity contribution in [2.24, 2.45) is 0 Å². The molecule has 5 aliphatic rings. The molecule has 11 rings (SSSR count). The van der Waals surface area contributed by atoms with Crippen molar-refractivity contribution in [2.75, 3.05) is 140 Å². The summed E-state index contributed by atoms with van der Waals surface area (Å²) in [5.74, 6) is -0.197. The van der Waals surface area contributed by atoms with Gasteiger partial charge in [-0.15, -0.1) is 0 Å². The van der Waals surface area contributed by atoms with Crippen LogP contribution < -0.4 is 65.6 Å². The molecule has 6 aromatic heterocycles. The summed E-state index contributed by atoms with van der Waals surface area (Å²) in [6.07, 6.45) is -25.1. The summed E-state index contributed by atoms with van der Waals surface area (Å²) in [5, 5.41) is 11.7. The molecule has 0 aliphatic carbocycles. The number of phosphoric acid groups is 1. The summed E-state index contributed by atoms with van der Waals surface area (Å²) in [4.78, 5) is 160. The van der Waals surface area contributed by atoms with Crippen LogP contribution in [0.3, 0.4) is 0 Å². The average molecular weight is 1880 g/mol. The summed E-state index contributed by atoms with van der Waals surface area (Å²) < 4.78 is 172. The molecule has 5 aliphatic heterocycles. The Morgan fingerprint density at radius 3 is 1.25 bits per heavy atom. The summed E-state index contributed by atoms with van der Waals surface area (Å²) in [7, 11) is 0.720. The number of phosphoric ester groups is 1. The number of imidazole rings is 1. The fraction of sp³-hybridized carbons (Fsp3) is 0.682. The minimum absolute atomic E-state index is 0.00571. The van der Waals surface area contributed by atoms with E-state index in [-0.39, 0.29) is 112 Å². The maximum atomic E-state index is 15.4. The maximum absolute atomic E-state index is 15.4. The SMILES string of the molecule is CC[C@H]1O[C@@H](n2cc(C)c(=O)[nH]c2=O)C(OCCOC)[C@H]1OP([O-])(=S)OC[C@H]1O[C@@H](n2cc(C)c(=O)[nH]c2=O)C(OCCOC)[C@H]1OP(=O)([O-])OC[C@H]1O[C@@H](n2cnc3c(N)ncnc32)C(OCCOC)[C@H]1OP(=O)([S-])OC[C@H]1O[C@@H](n2cc(C)c(=O)[nH]c2=O)C(OCCOC)[C@H]1OP([O-])(=S)OC[C@H]1O[C@@H](n2cc(C)c(N)nc2=O)C(OCCOC)[C@H]1O. The highest BCUT2D eigenvalue weighted by molar-refractivity contribution is 8.32. The van der Waals surface area contributed by atoms with Crippen molar-refractivity contribution in [3.8, 4) is 0 Å². The molecule has 9 unspecified atom stereocenters. The van der Waals surface area contributed by atoms with Gasteiger partial charge in [0.25, 0.3) is 24.5 Å². The molecule has 11 heterocycles. The Morgan fingerprint density at radius 1 is 0.455 bits per heavy atom. The summed E-state index contributed by atoms with van der Waals surface area (Å²) in [6.45, 7) is -13.7. The molecular weight excluding hydrogens is 1780 g/mol. The van der Waals surface area contributed by atoms with E-state index in [1.54, 1.807) is 13.8 Å². The van der Waals surface area contributed by atoms with E-state index in [1.807, 2.05) is 0 Å². The number of hydrogen-bond acceptors (Lipinski definition) is 45. The van der Waals surface area contributed by atoms with Crippen molar-refractivity contribution in [3.63, 3.8) is 0 Å². The Kier molecular flexibility index (Phi) is 34.2. The van der Waals surface area contributed by atoms with Gasteiger partial charge in [0.1, 0.15) is 117 Å². The number of nitrogen functional groups attached to an aromatic ring is 2. The van der Waals surface area contributed by atoms with Crippen molar-refractivity contribution >= 4 is 86.7 Å². The summed E-state index contributed by atoms with van der Waals surface area (Å²) >= 11 is 16.7. The molecule has 0 bridgehead atoms. The van der Waals surface area contributed by atoms with E-state index in [4.69, 9.17) is 155 Å². The predicted molar refractivity (Wildman–Crippen MR) is 424 cm³/mol. The lowest BCUT2D eigenvalue weighted by Gasteiger charge is -2.36. The van der Waals surface area contributed by atoms with Gasteiger partial charge < -0.3 is 151 Å². The monoisotopic (exact) mass is 1880 g/mol. The zero-order valence-corrected chi connectivity index (χ0v) is 73.6. The number of aromatic amines is 3. The Balaban J connectivity index is 0.898. The van der Waals surface area contributed by atoms with E-state index >= 15 is 14.0 Å². The number of hydrogen-bond donors (Lipinski definition) is 6. The Bertz CT molecular complexity index is 5260. The first-order valence-corrected chi connectivity index (χ1v) is 46.9. The number of aromatic nitrogens is 12. The molecule has 0 amide bonds. The molecule has 0 radical (unpaired) electrons. The third kappa shape index (κ3) is 23.8. The normalized spacial score (nSPS) is 29.2. The van der Waals surface area contributed by atoms with Crippen molar-refractivity contribution in [2.45, 2.75) is 164 Å². The summed E-state index contributed by atoms with van der Waals surface area (Å²) in [6, 6.07) is 0. The Morgan fingerprint density at radius 2 is 0.813 bits per heavy atom. The molecule has 8 N–H and O–H groups in total. The number of rotatable bonds is 46. The second-order valence-electron chi connectivity index (χ2n) is 28.1. The molecule has 6 aromatic rings. The number of aryl methyl sites for hydroxylation is 4. The summed E-state index contributed by atoms with van der Waals surface area (Å²) in [5.41, 5.74) is 6.31. The molecule has 0 spiro atoms. The van der Waals surface area contributed by atoms with Gasteiger partial charge in [0.2, 0.25) is 0 Å². The van der Waals surface area contributed by atoms with Crippen LogP contribution in [-0.2, 0) is 152 Å². The molecule has 0 aromatic carbocycles. The van der Waals surface area contributed by atoms with E-state index in [2.05, 4.69) is 34.9 Å². The number of nitrogens with one attached hydrogen (secondary N) is 3. The smallest absolute Gasteiger partial charge is 0.351 e. The van der Waals surface area contributed by atoms with Crippen molar-refractivity contribution < 1.29 is 136 Å². The number of H-pyrrole nitrogens is 3. The maximum Gasteiger partial charge on any atom is 0.351 e. The first-order chi connectivity index (χ1) is 58.5. The lowest BCUT2D eigenvalue weighted by atomic mass is 10.1. The van der Waals surface area contributed by atoms with Crippen LogP contribution in [0.5, 0.6) is 0 Å². The minimum atomic E-state index is -6.05. The largest absolute Gasteiger partial charge is 0.780 e. The topological polar surface area (TPSA) is 631 Å². The van der Waals surface area contributed by atoms with Gasteiger partial charge in [0.15, 0.2) is 49.4 Å². The van der Waals surface area contributed by atoms with Gasteiger partial charge in [0, 0.05) is 82.6 Å². The van der Waals surface area contributed by atoms with Gasteiger partial charge in [-0.25, -0.2) is 34.1 Å². The molecular formula is C66H94N14O36P4S3-4. The highest BCUT2D eigenvalue weighted by atomic mass is 32.7. The van der Waals surface area contributed by atoms with Crippen LogP contribution >= 0.6 is 28.1 Å². The second-order valence-corrected chi connectivity index (χ2v) is 37.6. The van der Waals surface area contributed by atoms with Gasteiger partial charge in [0.05, 0.1) is 105 Å². The average Bonchev–Trinajstić information content (AvgIpc) is 1.61. The van der Waals surface area contributed by atoms with E-state index < -0.39 is 217 Å². The van der Waals surface area contributed by atoms with Gasteiger partial charge >= 0.3 is 22.8 Å². The van der Waals surface area contributed by atoms with E-state index in [0.717, 1.165) is 37.0 Å². The lowest BCUT2D eigenvalue weighted by Crippen LogP contribution is -2.42. The van der Waals surface area contributed by atoms with E-state index in [1.165, 1.54) is 79.6 Å². The number of aliphatic hydroxyl groups excluding tert-OH is 1. The fourth-order valence-corrected chi connectivity index (χ4v) is 19.0. The van der Waals surface area contributed by atoms with Gasteiger partial charge in [-0.1, -0.05) is 30.5 Å². The first kappa shape index (κ1) is 97.7. The van der Waals surface area contributed by atoms with Gasteiger partial charge in [-0.3, -0.25) is 61.3 Å². The predicted octanol–water partition coefficient (Wildman–Crippen LogP) is -3.55. The molecule has 686 valence electrons. The quantitative estimate of drug-likeness (QED) is 0.0122. The lowest BCUT2D eigenvalue weighted by molar-refractivity contribution is -0.237. The van der Waals surface area contributed by atoms with Crippen LogP contribution in [0.15, 0.2) is 71.0 Å². The third-order valence-corrected chi connectivity index (χ3v) is 25.4. The molecule has 5 saturated heterocycles. The number of anilines is 2. The van der Waals surface area contributed by atoms with Crippen LogP contribution in [-0.4, -0.2) is 282 Å². The molecule has 50 nitrogen and oxygen atoms in total. The molecule has 0 saturated carbocycles. The zero-order valence-electron chi connectivity index (χ0n) is 67.5. The van der Waals surface area contributed by atoms with E-state index in [0.29, 0.717) is 5.56 Å². The van der Waals surface area contributed by atoms with Gasteiger partial charge in [-0.2, -0.15) is 4.98 Å². The van der Waals surface area contributed by atoms with Crippen LogP contribution in [0, 0.1) is 27.7 Å². The molecule has 24 atom stereocenters. The number of aliphatic hydroxyl groups is 1. The number of methoxy groups -OCH3 is 5. The number of ether oxygens (including phenoxy) is 15. The van der Waals surface area contributed by atoms with Crippen LogP contribution in [0.4, 0.5) is 11.6 Å². The number of fused-ring (bicyclic) bond motifs is 1. The van der Waals surface area contributed by atoms with Crippen LogP contribution in [0.1, 0.15) is 66.7 Å². The van der Waals surface area contributed by atoms with Crippen LogP contribution in [0.25, 0.3) is 11.2 Å². The number of nitrogens with two attached hydrogens (primary N) is 2. The molecule has 123 heavy (non-hydrogen) atoms. The first-order valence-electron chi connectivity index (χ1n) is 37.7. The minimum Gasteiger partial charge on any atom is -0.780 e.